The maximum Gasteiger partial charge on any atom is 0.260 e. The molecule has 0 radical (unpaired) electrons. The first-order valence-corrected chi connectivity index (χ1v) is 10.4. The number of hydrogen-bond donors (Lipinski definition) is 1. The predicted molar refractivity (Wildman–Crippen MR) is 108 cm³/mol. The molecular weight excluding hydrogens is 418 g/mol. The third-order valence-corrected chi connectivity index (χ3v) is 5.24. The van der Waals surface area contributed by atoms with Crippen molar-refractivity contribution in [3.8, 4) is 0 Å². The number of amides is 1. The number of sulfonamides is 1. The predicted octanol–water partition coefficient (Wildman–Crippen LogP) is 2.98. The van der Waals surface area contributed by atoms with Crippen LogP contribution in [0.15, 0.2) is 52.0 Å². The normalized spacial score (nSPS) is 11.5. The average molecular weight is 438 g/mol. The Bertz CT molecular complexity index is 925. The molecule has 138 valence electrons. The summed E-state index contributed by atoms with van der Waals surface area (Å²) in [6, 6.07) is 12.8. The smallest absolute Gasteiger partial charge is 0.260 e. The fourth-order valence-electron chi connectivity index (χ4n) is 2.36. The molecule has 6 nitrogen and oxygen atoms in total. The van der Waals surface area contributed by atoms with Crippen molar-refractivity contribution in [2.45, 2.75) is 13.8 Å². The quantitative estimate of drug-likeness (QED) is 0.557. The highest BCUT2D eigenvalue weighted by molar-refractivity contribution is 9.10. The van der Waals surface area contributed by atoms with Crippen molar-refractivity contribution in [1.29, 1.82) is 0 Å². The van der Waals surface area contributed by atoms with E-state index in [1.807, 2.05) is 50.2 Å². The van der Waals surface area contributed by atoms with Crippen molar-refractivity contribution < 1.29 is 13.2 Å². The molecule has 8 heteroatoms. The van der Waals surface area contributed by atoms with E-state index in [2.05, 4.69) is 26.5 Å². The van der Waals surface area contributed by atoms with Gasteiger partial charge in [-0.1, -0.05) is 45.8 Å². The standard InChI is InChI=1S/C18H20BrN3O3S/c1-13-4-9-17(14(2)10-13)22(26(3,24)25)12-18(23)21-20-11-15-5-7-16(19)8-6-15/h4-11H,12H2,1-3H3,(H,21,23)/b20-11-. The van der Waals surface area contributed by atoms with Crippen molar-refractivity contribution in [1.82, 2.24) is 5.43 Å². The van der Waals surface area contributed by atoms with Crippen molar-refractivity contribution in [2.24, 2.45) is 5.10 Å². The summed E-state index contributed by atoms with van der Waals surface area (Å²) in [6.07, 6.45) is 2.57. The molecule has 0 atom stereocenters. The van der Waals surface area contributed by atoms with Crippen LogP contribution in [0.4, 0.5) is 5.69 Å². The number of carbonyl (C=O) groups excluding carboxylic acids is 1. The van der Waals surface area contributed by atoms with Gasteiger partial charge in [0.25, 0.3) is 5.91 Å². The number of nitrogens with one attached hydrogen (secondary N) is 1. The number of carbonyl (C=O) groups is 1. The minimum Gasteiger partial charge on any atom is -0.271 e. The fourth-order valence-corrected chi connectivity index (χ4v) is 3.54. The molecule has 0 bridgehead atoms. The van der Waals surface area contributed by atoms with Gasteiger partial charge in [-0.2, -0.15) is 5.10 Å². The number of benzene rings is 2. The second-order valence-corrected chi connectivity index (χ2v) is 8.73. The molecule has 0 saturated carbocycles. The first-order valence-electron chi connectivity index (χ1n) is 7.79. The van der Waals surface area contributed by atoms with Crippen LogP contribution in [0.1, 0.15) is 16.7 Å². The Morgan fingerprint density at radius 3 is 2.42 bits per heavy atom. The van der Waals surface area contributed by atoms with Gasteiger partial charge in [0.15, 0.2) is 0 Å². The van der Waals surface area contributed by atoms with E-state index in [9.17, 15) is 13.2 Å². The Balaban J connectivity index is 2.11. The third-order valence-electron chi connectivity index (χ3n) is 3.58. The number of hydrazone groups is 1. The van der Waals surface area contributed by atoms with E-state index in [1.54, 1.807) is 6.07 Å². The first kappa shape index (κ1) is 20.1. The van der Waals surface area contributed by atoms with Gasteiger partial charge in [0.05, 0.1) is 18.2 Å². The van der Waals surface area contributed by atoms with Gasteiger partial charge in [0.2, 0.25) is 10.0 Å². The molecule has 0 saturated heterocycles. The van der Waals surface area contributed by atoms with Crippen LogP contribution in [0.2, 0.25) is 0 Å². The minimum absolute atomic E-state index is 0.347. The van der Waals surface area contributed by atoms with E-state index >= 15 is 0 Å². The summed E-state index contributed by atoms with van der Waals surface area (Å²) < 4.78 is 26.3. The average Bonchev–Trinajstić information content (AvgIpc) is 2.54. The van der Waals surface area contributed by atoms with Crippen LogP contribution in [0.5, 0.6) is 0 Å². The maximum absolute atomic E-state index is 12.2. The summed E-state index contributed by atoms with van der Waals surface area (Å²) in [7, 11) is -3.61. The Labute approximate surface area is 162 Å². The van der Waals surface area contributed by atoms with Crippen LogP contribution in [0, 0.1) is 13.8 Å². The van der Waals surface area contributed by atoms with Crippen LogP contribution in [-0.4, -0.2) is 33.3 Å². The Kier molecular flexibility index (Phi) is 6.55. The lowest BCUT2D eigenvalue weighted by Gasteiger charge is -2.23. The third kappa shape index (κ3) is 5.67. The van der Waals surface area contributed by atoms with Gasteiger partial charge in [-0.3, -0.25) is 9.10 Å². The van der Waals surface area contributed by atoms with Crippen molar-refractivity contribution >= 4 is 43.8 Å². The van der Waals surface area contributed by atoms with E-state index in [1.165, 1.54) is 6.21 Å². The highest BCUT2D eigenvalue weighted by atomic mass is 79.9. The zero-order valence-electron chi connectivity index (χ0n) is 14.7. The van der Waals surface area contributed by atoms with E-state index in [0.29, 0.717) is 5.69 Å². The zero-order chi connectivity index (χ0) is 19.3. The zero-order valence-corrected chi connectivity index (χ0v) is 17.1. The largest absolute Gasteiger partial charge is 0.271 e. The molecule has 0 aliphatic heterocycles. The maximum atomic E-state index is 12.2. The van der Waals surface area contributed by atoms with Crippen molar-refractivity contribution in [3.63, 3.8) is 0 Å². The molecule has 0 aliphatic rings. The SMILES string of the molecule is Cc1ccc(N(CC(=O)N/N=C\c2ccc(Br)cc2)S(C)(=O)=O)c(C)c1. The monoisotopic (exact) mass is 437 g/mol. The summed E-state index contributed by atoms with van der Waals surface area (Å²) in [5, 5.41) is 3.88. The molecule has 2 aromatic carbocycles. The highest BCUT2D eigenvalue weighted by Crippen LogP contribution is 2.23. The molecule has 1 N–H and O–H groups in total. The minimum atomic E-state index is -3.61. The van der Waals surface area contributed by atoms with Crippen molar-refractivity contribution in [2.75, 3.05) is 17.1 Å². The summed E-state index contributed by atoms with van der Waals surface area (Å²) in [4.78, 5) is 12.2. The van der Waals surface area contributed by atoms with Crippen LogP contribution < -0.4 is 9.73 Å². The molecule has 0 aromatic heterocycles. The van der Waals surface area contributed by atoms with Gasteiger partial charge >= 0.3 is 0 Å². The number of anilines is 1. The van der Waals surface area contributed by atoms with Gasteiger partial charge in [-0.25, -0.2) is 13.8 Å². The van der Waals surface area contributed by atoms with Gasteiger partial charge in [-0.05, 0) is 43.2 Å². The van der Waals surface area contributed by atoms with Gasteiger partial charge < -0.3 is 0 Å². The Hall–Kier alpha value is -2.19. The van der Waals surface area contributed by atoms with Gasteiger partial charge in [0.1, 0.15) is 6.54 Å². The molecule has 1 amide bonds. The number of rotatable bonds is 6. The van der Waals surface area contributed by atoms with E-state index < -0.39 is 15.9 Å². The van der Waals surface area contributed by atoms with Crippen LogP contribution in [0.3, 0.4) is 0 Å². The lowest BCUT2D eigenvalue weighted by atomic mass is 10.1. The van der Waals surface area contributed by atoms with Crippen molar-refractivity contribution in [3.05, 3.63) is 63.6 Å². The summed E-state index contributed by atoms with van der Waals surface area (Å²) in [5.74, 6) is -0.524. The topological polar surface area (TPSA) is 78.8 Å². The fraction of sp³-hybridized carbons (Fsp3) is 0.222. The first-order chi connectivity index (χ1) is 12.2. The molecule has 0 spiro atoms. The summed E-state index contributed by atoms with van der Waals surface area (Å²) in [6.45, 7) is 3.38. The van der Waals surface area contributed by atoms with E-state index in [-0.39, 0.29) is 6.54 Å². The van der Waals surface area contributed by atoms with E-state index in [4.69, 9.17) is 0 Å². The van der Waals surface area contributed by atoms with Crippen LogP contribution in [0.25, 0.3) is 0 Å². The second-order valence-electron chi connectivity index (χ2n) is 5.90. The molecule has 0 unspecified atom stereocenters. The van der Waals surface area contributed by atoms with Crippen LogP contribution in [-0.2, 0) is 14.8 Å². The number of aryl methyl sites for hydroxylation is 2. The second kappa shape index (κ2) is 8.46. The van der Waals surface area contributed by atoms with E-state index in [0.717, 1.165) is 31.7 Å². The molecule has 0 aliphatic carbocycles. The number of hydrogen-bond acceptors (Lipinski definition) is 4. The Morgan fingerprint density at radius 2 is 1.85 bits per heavy atom. The summed E-state index contributed by atoms with van der Waals surface area (Å²) >= 11 is 3.34. The molecule has 0 heterocycles. The lowest BCUT2D eigenvalue weighted by molar-refractivity contribution is -0.119. The highest BCUT2D eigenvalue weighted by Gasteiger charge is 2.22. The number of nitrogens with zero attached hydrogens (tertiary/aromatic N) is 2. The molecule has 26 heavy (non-hydrogen) atoms. The Morgan fingerprint density at radius 1 is 1.19 bits per heavy atom. The molecular formula is C18H20BrN3O3S. The van der Waals surface area contributed by atoms with Gasteiger partial charge in [0, 0.05) is 4.47 Å². The molecule has 2 rings (SSSR count). The van der Waals surface area contributed by atoms with Crippen LogP contribution >= 0.6 is 15.9 Å². The summed E-state index contributed by atoms with van der Waals surface area (Å²) in [5.41, 5.74) is 5.44. The molecule has 0 fully saturated rings. The number of halogens is 1. The van der Waals surface area contributed by atoms with Gasteiger partial charge in [-0.15, -0.1) is 0 Å². The lowest BCUT2D eigenvalue weighted by Crippen LogP contribution is -2.39. The molecule has 2 aromatic rings.